The minimum Gasteiger partial charge on any atom is -0.298 e. The molecule has 3 heterocycles. The fraction of sp³-hybridized carbons (Fsp3) is 0.238. The molecule has 0 atom stereocenters. The van der Waals surface area contributed by atoms with Crippen LogP contribution >= 0.6 is 12.2 Å². The summed E-state index contributed by atoms with van der Waals surface area (Å²) < 4.78 is 45.0. The van der Waals surface area contributed by atoms with Crippen molar-refractivity contribution in [2.45, 2.75) is 33.5 Å². The van der Waals surface area contributed by atoms with E-state index in [2.05, 4.69) is 15.1 Å². The van der Waals surface area contributed by atoms with Gasteiger partial charge < -0.3 is 0 Å². The monoisotopic (exact) mass is 445 g/mol. The predicted octanol–water partition coefficient (Wildman–Crippen LogP) is 4.96. The van der Waals surface area contributed by atoms with Gasteiger partial charge in [0.1, 0.15) is 0 Å². The van der Waals surface area contributed by atoms with Gasteiger partial charge in [-0.25, -0.2) is 4.98 Å². The molecule has 0 fully saturated rings. The van der Waals surface area contributed by atoms with Crippen molar-refractivity contribution < 1.29 is 13.2 Å². The van der Waals surface area contributed by atoms with Gasteiger partial charge in [-0.05, 0) is 56.2 Å². The third-order valence-corrected chi connectivity index (χ3v) is 5.52. The number of hydrogen-bond acceptors (Lipinski definition) is 4. The molecule has 0 radical (unpaired) electrons. The lowest BCUT2D eigenvalue weighted by Crippen LogP contribution is -2.20. The Balaban J connectivity index is 2.19. The molecule has 3 aromatic heterocycles. The van der Waals surface area contributed by atoms with Crippen molar-refractivity contribution >= 4 is 23.3 Å². The average Bonchev–Trinajstić information content (AvgIpc) is 3.19. The van der Waals surface area contributed by atoms with Crippen molar-refractivity contribution in [3.05, 3.63) is 68.5 Å². The molecular formula is C21H18F3N5OS. The number of aromatic nitrogens is 5. The van der Waals surface area contributed by atoms with Gasteiger partial charge in [-0.15, -0.1) is 0 Å². The summed E-state index contributed by atoms with van der Waals surface area (Å²) >= 11 is 5.34. The number of pyridine rings is 1. The van der Waals surface area contributed by atoms with Crippen LogP contribution in [0.15, 0.2) is 41.5 Å². The number of aromatic amines is 1. The Hall–Kier alpha value is -3.27. The quantitative estimate of drug-likeness (QED) is 0.453. The lowest BCUT2D eigenvalue weighted by molar-refractivity contribution is -0.136. The highest BCUT2D eigenvalue weighted by Crippen LogP contribution is 2.36. The maximum atomic E-state index is 14.0. The Morgan fingerprint density at radius 1 is 1.23 bits per heavy atom. The third-order valence-electron chi connectivity index (χ3n) is 5.24. The van der Waals surface area contributed by atoms with Crippen LogP contribution in [0.5, 0.6) is 0 Å². The van der Waals surface area contributed by atoms with Crippen LogP contribution < -0.4 is 5.56 Å². The van der Waals surface area contributed by atoms with Crippen molar-refractivity contribution in [2.75, 3.05) is 0 Å². The van der Waals surface area contributed by atoms with Crippen LogP contribution in [0.1, 0.15) is 23.6 Å². The fourth-order valence-electron chi connectivity index (χ4n) is 3.47. The van der Waals surface area contributed by atoms with Crippen LogP contribution in [-0.2, 0) is 12.7 Å². The summed E-state index contributed by atoms with van der Waals surface area (Å²) in [5.41, 5.74) is 0.585. The first-order chi connectivity index (χ1) is 14.6. The molecule has 6 nitrogen and oxygen atoms in total. The number of aryl methyl sites for hydroxylation is 2. The van der Waals surface area contributed by atoms with Gasteiger partial charge >= 0.3 is 6.18 Å². The van der Waals surface area contributed by atoms with Gasteiger partial charge in [0.2, 0.25) is 0 Å². The van der Waals surface area contributed by atoms with E-state index in [1.807, 2.05) is 26.8 Å². The summed E-state index contributed by atoms with van der Waals surface area (Å²) in [4.78, 5) is 19.4. The number of rotatable bonds is 3. The summed E-state index contributed by atoms with van der Waals surface area (Å²) in [5, 5.41) is 3.56. The molecule has 4 aromatic rings. The Bertz CT molecular complexity index is 1430. The summed E-state index contributed by atoms with van der Waals surface area (Å²) in [6.07, 6.45) is -1.72. The molecule has 1 aromatic carbocycles. The van der Waals surface area contributed by atoms with E-state index in [0.29, 0.717) is 17.8 Å². The van der Waals surface area contributed by atoms with E-state index < -0.39 is 22.7 Å². The molecule has 10 heteroatoms. The molecule has 160 valence electrons. The van der Waals surface area contributed by atoms with Gasteiger partial charge in [-0.2, -0.15) is 18.3 Å². The number of fused-ring (bicyclic) bond motifs is 1. The van der Waals surface area contributed by atoms with Crippen molar-refractivity contribution in [3.8, 4) is 16.9 Å². The zero-order valence-electron chi connectivity index (χ0n) is 16.9. The standard InChI is InChI=1S/C21H18F3N5OS/c1-4-28-10-13(9-25-28)15-8-14(21(22,23)24)17-18(26-15)29(20(31)27-19(17)30)16-7-5-6-11(2)12(16)3/h5-10H,4H2,1-3H3,(H,27,30,31). The maximum absolute atomic E-state index is 14.0. The Kier molecular flexibility index (Phi) is 5.04. The molecule has 1 N–H and O–H groups in total. The van der Waals surface area contributed by atoms with Gasteiger partial charge in [-0.1, -0.05) is 12.1 Å². The molecule has 31 heavy (non-hydrogen) atoms. The maximum Gasteiger partial charge on any atom is 0.417 e. The molecule has 0 spiro atoms. The third kappa shape index (κ3) is 3.56. The summed E-state index contributed by atoms with van der Waals surface area (Å²) in [6.45, 7) is 6.14. The Morgan fingerprint density at radius 3 is 2.61 bits per heavy atom. The van der Waals surface area contributed by atoms with E-state index in [1.54, 1.807) is 23.0 Å². The predicted molar refractivity (Wildman–Crippen MR) is 114 cm³/mol. The molecule has 0 aliphatic heterocycles. The van der Waals surface area contributed by atoms with Crippen LogP contribution in [0.4, 0.5) is 13.2 Å². The SMILES string of the molecule is CCn1cc(-c2cc(C(F)(F)F)c3c(=O)[nH]c(=S)n(-c4cccc(C)c4C)c3n2)cn1. The minimum absolute atomic E-state index is 0.0340. The van der Waals surface area contributed by atoms with Gasteiger partial charge in [0.05, 0.1) is 28.5 Å². The van der Waals surface area contributed by atoms with Gasteiger partial charge in [0.15, 0.2) is 10.4 Å². The number of hydrogen-bond donors (Lipinski definition) is 1. The molecule has 4 rings (SSSR count). The first kappa shape index (κ1) is 21.0. The Labute approximate surface area is 180 Å². The largest absolute Gasteiger partial charge is 0.417 e. The lowest BCUT2D eigenvalue weighted by Gasteiger charge is -2.17. The van der Waals surface area contributed by atoms with Crippen molar-refractivity contribution in [2.24, 2.45) is 0 Å². The van der Waals surface area contributed by atoms with Gasteiger partial charge in [0, 0.05) is 18.3 Å². The van der Waals surface area contributed by atoms with Crippen molar-refractivity contribution in [1.82, 2.24) is 24.3 Å². The van der Waals surface area contributed by atoms with Gasteiger partial charge in [-0.3, -0.25) is 19.0 Å². The first-order valence-electron chi connectivity index (χ1n) is 9.48. The van der Waals surface area contributed by atoms with Crippen molar-refractivity contribution in [1.29, 1.82) is 0 Å². The molecule has 0 saturated carbocycles. The summed E-state index contributed by atoms with van der Waals surface area (Å²) in [7, 11) is 0. The van der Waals surface area contributed by atoms with Crippen LogP contribution in [0.2, 0.25) is 0 Å². The molecule has 0 amide bonds. The molecule has 0 aliphatic carbocycles. The second kappa shape index (κ2) is 7.45. The summed E-state index contributed by atoms with van der Waals surface area (Å²) in [6, 6.07) is 6.27. The second-order valence-corrected chi connectivity index (χ2v) is 7.54. The van der Waals surface area contributed by atoms with E-state index in [4.69, 9.17) is 12.2 Å². The smallest absolute Gasteiger partial charge is 0.298 e. The molecule has 0 unspecified atom stereocenters. The highest BCUT2D eigenvalue weighted by molar-refractivity contribution is 7.71. The number of H-pyrrole nitrogens is 1. The van der Waals surface area contributed by atoms with E-state index in [1.165, 1.54) is 10.8 Å². The number of alkyl halides is 3. The molecule has 0 bridgehead atoms. The lowest BCUT2D eigenvalue weighted by atomic mass is 10.1. The molecular weight excluding hydrogens is 427 g/mol. The van der Waals surface area contributed by atoms with Crippen LogP contribution in [0.3, 0.4) is 0 Å². The van der Waals surface area contributed by atoms with Crippen LogP contribution in [0.25, 0.3) is 28.0 Å². The van der Waals surface area contributed by atoms with E-state index in [-0.39, 0.29) is 16.1 Å². The van der Waals surface area contributed by atoms with Gasteiger partial charge in [0.25, 0.3) is 5.56 Å². The zero-order chi connectivity index (χ0) is 22.5. The molecule has 0 saturated heterocycles. The topological polar surface area (TPSA) is 68.5 Å². The van der Waals surface area contributed by atoms with Crippen LogP contribution in [0, 0.1) is 18.6 Å². The number of nitrogens with one attached hydrogen (secondary N) is 1. The second-order valence-electron chi connectivity index (χ2n) is 7.15. The van der Waals surface area contributed by atoms with Crippen molar-refractivity contribution in [3.63, 3.8) is 0 Å². The van der Waals surface area contributed by atoms with Crippen LogP contribution in [-0.4, -0.2) is 24.3 Å². The highest BCUT2D eigenvalue weighted by Gasteiger charge is 2.36. The number of nitrogens with zero attached hydrogens (tertiary/aromatic N) is 4. The van der Waals surface area contributed by atoms with E-state index in [0.717, 1.165) is 17.2 Å². The zero-order valence-corrected chi connectivity index (χ0v) is 17.7. The summed E-state index contributed by atoms with van der Waals surface area (Å²) in [5.74, 6) is 0. The number of benzene rings is 1. The number of halogens is 3. The average molecular weight is 445 g/mol. The highest BCUT2D eigenvalue weighted by atomic mass is 32.1. The molecule has 0 aliphatic rings. The minimum atomic E-state index is -4.77. The fourth-order valence-corrected chi connectivity index (χ4v) is 3.75. The van der Waals surface area contributed by atoms with E-state index >= 15 is 0 Å². The normalized spacial score (nSPS) is 11.9. The first-order valence-corrected chi connectivity index (χ1v) is 9.89. The van der Waals surface area contributed by atoms with E-state index in [9.17, 15) is 18.0 Å². The Morgan fingerprint density at radius 2 is 1.97 bits per heavy atom.